The van der Waals surface area contributed by atoms with Crippen LogP contribution in [0.15, 0.2) is 200 Å². The van der Waals surface area contributed by atoms with Crippen LogP contribution in [0.2, 0.25) is 0 Å². The van der Waals surface area contributed by atoms with Gasteiger partial charge in [-0.2, -0.15) is 0 Å². The van der Waals surface area contributed by atoms with Crippen molar-refractivity contribution in [1.29, 1.82) is 0 Å². The molecule has 0 fully saturated rings. The monoisotopic (exact) mass is 871 g/mol. The van der Waals surface area contributed by atoms with Gasteiger partial charge in [0.15, 0.2) is 0 Å². The standard InChI is InChI=1S/C57H49N3S3/c1-7-16-38(8-2)17-15-34-59(5)46-31-33-51-49(37-46)53-55(61-6)52(41-18-14-21-47(35-41)60(44-19-12-11-13-20-44)45-29-24-40(10-4)25-30-45)56-54(57(53)63-51)48-36-43(28-32-50(48)62-56)58-42-26-22-39(9-3)23-27-42/h7-9,11-37,58H,2-3,10H2,1,4-6H3/b16-7-,34-15+,38-17-. The minimum atomic E-state index is 1.00. The Morgan fingerprint density at radius 1 is 0.698 bits per heavy atom. The lowest BCUT2D eigenvalue weighted by molar-refractivity contribution is 1.14. The van der Waals surface area contributed by atoms with Crippen molar-refractivity contribution in [2.75, 3.05) is 28.4 Å². The van der Waals surface area contributed by atoms with Gasteiger partial charge in [-0.3, -0.25) is 0 Å². The largest absolute Gasteiger partial charge is 0.356 e. The molecule has 1 N–H and O–H groups in total. The summed E-state index contributed by atoms with van der Waals surface area (Å²) in [4.78, 5) is 5.87. The van der Waals surface area contributed by atoms with Gasteiger partial charge >= 0.3 is 0 Å². The Morgan fingerprint density at radius 2 is 1.38 bits per heavy atom. The molecule has 9 aromatic rings. The molecule has 63 heavy (non-hydrogen) atoms. The van der Waals surface area contributed by atoms with Crippen molar-refractivity contribution in [1.82, 2.24) is 0 Å². The van der Waals surface area contributed by atoms with Crippen molar-refractivity contribution in [3.8, 4) is 11.1 Å². The van der Waals surface area contributed by atoms with Crippen LogP contribution < -0.4 is 15.1 Å². The second kappa shape index (κ2) is 18.4. The van der Waals surface area contributed by atoms with Gasteiger partial charge < -0.3 is 15.1 Å². The van der Waals surface area contributed by atoms with Gasteiger partial charge in [0.2, 0.25) is 0 Å². The fourth-order valence-electron chi connectivity index (χ4n) is 8.31. The molecular weight excluding hydrogens is 823 g/mol. The maximum atomic E-state index is 3.97. The van der Waals surface area contributed by atoms with Crippen molar-refractivity contribution >= 4 is 115 Å². The lowest BCUT2D eigenvalue weighted by Gasteiger charge is -2.26. The van der Waals surface area contributed by atoms with Gasteiger partial charge in [-0.05, 0) is 133 Å². The molecule has 0 aliphatic heterocycles. The van der Waals surface area contributed by atoms with Crippen molar-refractivity contribution in [2.24, 2.45) is 0 Å². The molecule has 0 amide bonds. The molecule has 7 aromatic carbocycles. The number of nitrogens with zero attached hydrogens (tertiary/aromatic N) is 2. The summed E-state index contributed by atoms with van der Waals surface area (Å²) in [6.07, 6.45) is 17.4. The van der Waals surface area contributed by atoms with Gasteiger partial charge in [0.05, 0.1) is 0 Å². The van der Waals surface area contributed by atoms with Gasteiger partial charge in [-0.1, -0.05) is 105 Å². The highest BCUT2D eigenvalue weighted by atomic mass is 32.2. The lowest BCUT2D eigenvalue weighted by Crippen LogP contribution is -2.10. The van der Waals surface area contributed by atoms with Gasteiger partial charge in [-0.15, -0.1) is 34.4 Å². The van der Waals surface area contributed by atoms with Gasteiger partial charge in [0.1, 0.15) is 0 Å². The van der Waals surface area contributed by atoms with E-state index >= 15 is 0 Å². The molecule has 0 atom stereocenters. The van der Waals surface area contributed by atoms with Crippen LogP contribution in [0.5, 0.6) is 0 Å². The number of hydrogen-bond acceptors (Lipinski definition) is 6. The molecule has 0 saturated heterocycles. The third kappa shape index (κ3) is 8.26. The van der Waals surface area contributed by atoms with E-state index in [-0.39, 0.29) is 0 Å². The van der Waals surface area contributed by atoms with Crippen LogP contribution in [-0.2, 0) is 6.42 Å². The first kappa shape index (κ1) is 41.8. The second-order valence-corrected chi connectivity index (χ2v) is 18.3. The fraction of sp³-hybridized carbons (Fsp3) is 0.0877. The van der Waals surface area contributed by atoms with E-state index in [1.165, 1.54) is 61.9 Å². The molecule has 6 heteroatoms. The molecule has 0 spiro atoms. The van der Waals surface area contributed by atoms with Crippen LogP contribution in [0.25, 0.3) is 57.5 Å². The summed E-state index contributed by atoms with van der Waals surface area (Å²) in [5.74, 6) is 0. The predicted molar refractivity (Wildman–Crippen MR) is 284 cm³/mol. The summed E-state index contributed by atoms with van der Waals surface area (Å²) in [5.41, 5.74) is 12.6. The molecular formula is C57H49N3S3. The zero-order valence-corrected chi connectivity index (χ0v) is 38.5. The highest BCUT2D eigenvalue weighted by Gasteiger charge is 2.24. The van der Waals surface area contributed by atoms with Crippen LogP contribution in [0.4, 0.5) is 34.1 Å². The summed E-state index contributed by atoms with van der Waals surface area (Å²) in [7, 11) is 2.12. The van der Waals surface area contributed by atoms with E-state index in [0.717, 1.165) is 51.7 Å². The molecule has 3 nitrogen and oxygen atoms in total. The first-order chi connectivity index (χ1) is 30.9. The molecule has 0 radical (unpaired) electrons. The zero-order valence-electron chi connectivity index (χ0n) is 36.1. The summed E-state index contributed by atoms with van der Waals surface area (Å²) >= 11 is 5.65. The number of thiophene rings is 2. The van der Waals surface area contributed by atoms with Crippen molar-refractivity contribution in [3.05, 3.63) is 206 Å². The Hall–Kier alpha value is -6.57. The maximum Gasteiger partial charge on any atom is 0.0467 e. The van der Waals surface area contributed by atoms with E-state index in [4.69, 9.17) is 0 Å². The highest BCUT2D eigenvalue weighted by Crippen LogP contribution is 2.54. The molecule has 0 aliphatic carbocycles. The van der Waals surface area contributed by atoms with Crippen LogP contribution in [0.3, 0.4) is 0 Å². The molecule has 0 saturated carbocycles. The van der Waals surface area contributed by atoms with E-state index < -0.39 is 0 Å². The van der Waals surface area contributed by atoms with E-state index in [2.05, 4.69) is 212 Å². The van der Waals surface area contributed by atoms with Crippen LogP contribution >= 0.6 is 34.4 Å². The van der Waals surface area contributed by atoms with Crippen molar-refractivity contribution in [3.63, 3.8) is 0 Å². The minimum absolute atomic E-state index is 1.00. The number of anilines is 6. The normalized spacial score (nSPS) is 12.0. The number of allylic oxidation sites excluding steroid dienone is 6. The van der Waals surface area contributed by atoms with Gasteiger partial charge in [-0.25, -0.2) is 0 Å². The number of fused-ring (bicyclic) bond motifs is 7. The molecule has 2 aromatic heterocycles. The summed E-state index contributed by atoms with van der Waals surface area (Å²) in [6.45, 7) is 12.1. The van der Waals surface area contributed by atoms with E-state index in [1.54, 1.807) is 0 Å². The topological polar surface area (TPSA) is 18.5 Å². The Morgan fingerprint density at radius 3 is 2.10 bits per heavy atom. The molecule has 0 unspecified atom stereocenters. The Labute approximate surface area is 383 Å². The summed E-state index contributed by atoms with van der Waals surface area (Å²) in [5, 5.41) is 8.85. The maximum absolute atomic E-state index is 3.97. The second-order valence-electron chi connectivity index (χ2n) is 15.4. The Bertz CT molecular complexity index is 3220. The number of para-hydroxylation sites is 1. The van der Waals surface area contributed by atoms with Crippen molar-refractivity contribution < 1.29 is 0 Å². The van der Waals surface area contributed by atoms with Crippen LogP contribution in [-0.4, -0.2) is 13.3 Å². The Kier molecular flexibility index (Phi) is 12.2. The van der Waals surface area contributed by atoms with Gasteiger partial charge in [0.25, 0.3) is 0 Å². The molecule has 9 rings (SSSR count). The Balaban J connectivity index is 1.28. The predicted octanol–water partition coefficient (Wildman–Crippen LogP) is 17.9. The molecule has 2 heterocycles. The average molecular weight is 872 g/mol. The average Bonchev–Trinajstić information content (AvgIpc) is 3.90. The third-order valence-corrected chi connectivity index (χ3v) is 14.7. The number of rotatable bonds is 14. The first-order valence-corrected chi connectivity index (χ1v) is 24.1. The SMILES string of the molecule is C=CC(/C=C\C)=C/C=C/N(C)c1ccc2sc3c(c(SC)c(-c4cccc(N(c5ccccc5)c5ccc(CC)cc5)c4)c4sc5ccc(Nc6ccc(C=C)cc6)cc5c43)c2c1. The van der Waals surface area contributed by atoms with E-state index in [1.807, 2.05) is 59.6 Å². The van der Waals surface area contributed by atoms with Crippen LogP contribution in [0, 0.1) is 0 Å². The van der Waals surface area contributed by atoms with E-state index in [9.17, 15) is 0 Å². The zero-order chi connectivity index (χ0) is 43.5. The number of nitrogens with one attached hydrogen (secondary N) is 1. The van der Waals surface area contributed by atoms with Crippen molar-refractivity contribution in [2.45, 2.75) is 25.2 Å². The smallest absolute Gasteiger partial charge is 0.0467 e. The molecule has 310 valence electrons. The first-order valence-electron chi connectivity index (χ1n) is 21.2. The number of aryl methyl sites for hydroxylation is 1. The quantitative estimate of drug-likeness (QED) is 0.0866. The lowest BCUT2D eigenvalue weighted by atomic mass is 9.98. The summed E-state index contributed by atoms with van der Waals surface area (Å²) < 4.78 is 5.18. The van der Waals surface area contributed by atoms with Gasteiger partial charge in [0, 0.05) is 98.2 Å². The minimum Gasteiger partial charge on any atom is -0.356 e. The fourth-order valence-corrected chi connectivity index (χ4v) is 11.9. The molecule has 0 aliphatic rings. The molecule has 0 bridgehead atoms. The van der Waals surface area contributed by atoms with E-state index in [0.29, 0.717) is 0 Å². The third-order valence-electron chi connectivity index (χ3n) is 11.5. The van der Waals surface area contributed by atoms with Crippen LogP contribution in [0.1, 0.15) is 25.0 Å². The number of thioether (sulfide) groups is 1. The number of benzene rings is 7. The number of hydrogen-bond donors (Lipinski definition) is 1. The highest BCUT2D eigenvalue weighted by molar-refractivity contribution is 7.99. The summed E-state index contributed by atoms with van der Waals surface area (Å²) in [6, 6.07) is 51.0.